The summed E-state index contributed by atoms with van der Waals surface area (Å²) in [5.74, 6) is 0.986. The highest BCUT2D eigenvalue weighted by atomic mass is 16.5. The molecule has 3 heterocycles. The molecule has 0 fully saturated rings. The summed E-state index contributed by atoms with van der Waals surface area (Å²) in [4.78, 5) is 17.0. The van der Waals surface area contributed by atoms with Crippen LogP contribution in [0.2, 0.25) is 0 Å². The van der Waals surface area contributed by atoms with Gasteiger partial charge < -0.3 is 9.47 Å². The van der Waals surface area contributed by atoms with E-state index in [9.17, 15) is 4.79 Å². The first-order chi connectivity index (χ1) is 10.2. The molecule has 1 aromatic carbocycles. The third-order valence-corrected chi connectivity index (χ3v) is 3.81. The van der Waals surface area contributed by atoms with Gasteiger partial charge in [0.25, 0.3) is 5.56 Å². The van der Waals surface area contributed by atoms with Crippen LogP contribution in [0.3, 0.4) is 0 Å². The van der Waals surface area contributed by atoms with Crippen LogP contribution in [-0.4, -0.2) is 23.6 Å². The Kier molecular flexibility index (Phi) is 2.33. The molecule has 0 saturated carbocycles. The van der Waals surface area contributed by atoms with E-state index < -0.39 is 0 Å². The van der Waals surface area contributed by atoms with Crippen LogP contribution in [0.1, 0.15) is 0 Å². The third-order valence-electron chi connectivity index (χ3n) is 3.81. The van der Waals surface area contributed by atoms with E-state index in [0.717, 1.165) is 27.3 Å². The normalized spacial score (nSPS) is 11.5. The van der Waals surface area contributed by atoms with Gasteiger partial charge in [0.05, 0.1) is 30.8 Å². The Labute approximate surface area is 119 Å². The summed E-state index contributed by atoms with van der Waals surface area (Å²) in [5, 5.41) is 1.99. The number of hydrogen-bond donors (Lipinski definition) is 0. The van der Waals surface area contributed by atoms with Gasteiger partial charge in [-0.05, 0) is 18.2 Å². The molecule has 0 N–H and O–H groups in total. The molecule has 104 valence electrons. The minimum Gasteiger partial charge on any atom is -0.497 e. The number of pyridine rings is 2. The summed E-state index contributed by atoms with van der Waals surface area (Å²) in [7, 11) is 3.09. The van der Waals surface area contributed by atoms with Gasteiger partial charge in [-0.25, -0.2) is 0 Å². The van der Waals surface area contributed by atoms with Crippen molar-refractivity contribution in [2.45, 2.75) is 0 Å². The number of nitrogens with zero attached hydrogens (tertiary/aromatic N) is 2. The van der Waals surface area contributed by atoms with Gasteiger partial charge in [-0.15, -0.1) is 0 Å². The number of benzene rings is 1. The molecule has 4 rings (SSSR count). The molecule has 0 unspecified atom stereocenters. The van der Waals surface area contributed by atoms with E-state index in [0.29, 0.717) is 5.75 Å². The number of fused-ring (bicyclic) bond motifs is 3. The van der Waals surface area contributed by atoms with Crippen LogP contribution < -0.4 is 15.0 Å². The highest BCUT2D eigenvalue weighted by Gasteiger charge is 2.17. The molecule has 0 aliphatic heterocycles. The van der Waals surface area contributed by atoms with Crippen LogP contribution in [0.25, 0.3) is 27.3 Å². The summed E-state index contributed by atoms with van der Waals surface area (Å²) < 4.78 is 12.1. The first kappa shape index (κ1) is 12.0. The molecule has 4 aromatic rings. The fraction of sp³-hybridized carbons (Fsp3) is 0.125. The standard InChI is InChI=1S/C16H12N2O3/c1-20-9-3-4-10-11-5-6-17-12-8-14(21-2)16(19)18(15(11)12)13(10)7-9/h3-8H,1-2H3. The minimum absolute atomic E-state index is 0.189. The van der Waals surface area contributed by atoms with E-state index in [2.05, 4.69) is 4.98 Å². The van der Waals surface area contributed by atoms with E-state index in [4.69, 9.17) is 9.47 Å². The van der Waals surface area contributed by atoms with Crippen molar-refractivity contribution in [3.63, 3.8) is 0 Å². The van der Waals surface area contributed by atoms with Crippen molar-refractivity contribution in [2.24, 2.45) is 0 Å². The Morgan fingerprint density at radius 3 is 2.67 bits per heavy atom. The summed E-state index contributed by atoms with van der Waals surface area (Å²) in [5.41, 5.74) is 2.16. The Morgan fingerprint density at radius 2 is 1.90 bits per heavy atom. The van der Waals surface area contributed by atoms with Crippen LogP contribution in [0.15, 0.2) is 41.3 Å². The Bertz CT molecular complexity index is 1040. The van der Waals surface area contributed by atoms with Gasteiger partial charge in [0.15, 0.2) is 5.75 Å². The van der Waals surface area contributed by atoms with Gasteiger partial charge in [0.2, 0.25) is 0 Å². The molecule has 0 saturated heterocycles. The highest BCUT2D eigenvalue weighted by Crippen LogP contribution is 2.32. The maximum Gasteiger partial charge on any atom is 0.298 e. The predicted octanol–water partition coefficient (Wildman–Crippen LogP) is 2.46. The Balaban J connectivity index is 2.37. The fourth-order valence-electron chi connectivity index (χ4n) is 2.85. The van der Waals surface area contributed by atoms with Crippen molar-refractivity contribution in [3.05, 3.63) is 46.9 Å². The molecule has 0 amide bonds. The van der Waals surface area contributed by atoms with Crippen LogP contribution in [0.5, 0.6) is 11.5 Å². The lowest BCUT2D eigenvalue weighted by atomic mass is 10.1. The summed E-state index contributed by atoms with van der Waals surface area (Å²) in [6.45, 7) is 0. The van der Waals surface area contributed by atoms with Gasteiger partial charge in [-0.1, -0.05) is 0 Å². The first-order valence-electron chi connectivity index (χ1n) is 6.52. The number of aromatic nitrogens is 2. The second-order valence-corrected chi connectivity index (χ2v) is 4.83. The SMILES string of the molecule is COc1ccc2c3ccnc4cc(OC)c(=O)n(c2c1)c43. The Hall–Kier alpha value is -2.82. The number of rotatable bonds is 2. The zero-order valence-electron chi connectivity index (χ0n) is 11.6. The number of ether oxygens (including phenoxy) is 2. The summed E-state index contributed by atoms with van der Waals surface area (Å²) in [6.07, 6.45) is 1.74. The molecular weight excluding hydrogens is 268 g/mol. The molecule has 0 radical (unpaired) electrons. The van der Waals surface area contributed by atoms with Gasteiger partial charge in [-0.3, -0.25) is 14.2 Å². The zero-order valence-corrected chi connectivity index (χ0v) is 11.6. The maximum absolute atomic E-state index is 12.6. The molecule has 21 heavy (non-hydrogen) atoms. The smallest absolute Gasteiger partial charge is 0.298 e. The zero-order chi connectivity index (χ0) is 14.6. The van der Waals surface area contributed by atoms with E-state index >= 15 is 0 Å². The largest absolute Gasteiger partial charge is 0.497 e. The second-order valence-electron chi connectivity index (χ2n) is 4.83. The van der Waals surface area contributed by atoms with Crippen LogP contribution in [-0.2, 0) is 0 Å². The lowest BCUT2D eigenvalue weighted by molar-refractivity contribution is 0.408. The van der Waals surface area contributed by atoms with Crippen LogP contribution >= 0.6 is 0 Å². The third kappa shape index (κ3) is 1.45. The molecule has 5 nitrogen and oxygen atoms in total. The van der Waals surface area contributed by atoms with E-state index in [1.807, 2.05) is 24.3 Å². The van der Waals surface area contributed by atoms with E-state index in [1.54, 1.807) is 23.8 Å². The van der Waals surface area contributed by atoms with Crippen LogP contribution in [0, 0.1) is 0 Å². The molecule has 0 aliphatic carbocycles. The minimum atomic E-state index is -0.189. The van der Waals surface area contributed by atoms with Gasteiger partial charge in [0.1, 0.15) is 5.75 Å². The predicted molar refractivity (Wildman–Crippen MR) is 80.8 cm³/mol. The van der Waals surface area contributed by atoms with Crippen molar-refractivity contribution in [1.29, 1.82) is 0 Å². The monoisotopic (exact) mass is 280 g/mol. The first-order valence-corrected chi connectivity index (χ1v) is 6.52. The molecule has 5 heteroatoms. The molecule has 0 aliphatic rings. The van der Waals surface area contributed by atoms with Gasteiger partial charge in [-0.2, -0.15) is 0 Å². The van der Waals surface area contributed by atoms with Gasteiger partial charge >= 0.3 is 0 Å². The maximum atomic E-state index is 12.6. The fourth-order valence-corrected chi connectivity index (χ4v) is 2.85. The quantitative estimate of drug-likeness (QED) is 0.566. The van der Waals surface area contributed by atoms with Crippen molar-refractivity contribution < 1.29 is 9.47 Å². The van der Waals surface area contributed by atoms with Crippen LogP contribution in [0.4, 0.5) is 0 Å². The number of methoxy groups -OCH3 is 2. The van der Waals surface area contributed by atoms with Crippen molar-refractivity contribution in [1.82, 2.24) is 9.38 Å². The molecular formula is C16H12N2O3. The van der Waals surface area contributed by atoms with Crippen molar-refractivity contribution in [2.75, 3.05) is 14.2 Å². The molecule has 0 spiro atoms. The van der Waals surface area contributed by atoms with Crippen molar-refractivity contribution in [3.8, 4) is 11.5 Å². The lowest BCUT2D eigenvalue weighted by Crippen LogP contribution is -2.14. The Morgan fingerprint density at radius 1 is 1.05 bits per heavy atom. The molecule has 0 bridgehead atoms. The molecule has 0 atom stereocenters. The summed E-state index contributed by atoms with van der Waals surface area (Å²) >= 11 is 0. The lowest BCUT2D eigenvalue weighted by Gasteiger charge is -2.04. The van der Waals surface area contributed by atoms with E-state index in [1.165, 1.54) is 7.11 Å². The summed E-state index contributed by atoms with van der Waals surface area (Å²) in [6, 6.07) is 9.31. The highest BCUT2D eigenvalue weighted by molar-refractivity contribution is 6.13. The molecule has 3 aromatic heterocycles. The number of hydrogen-bond acceptors (Lipinski definition) is 4. The topological polar surface area (TPSA) is 52.8 Å². The van der Waals surface area contributed by atoms with E-state index in [-0.39, 0.29) is 11.3 Å². The van der Waals surface area contributed by atoms with Crippen molar-refractivity contribution >= 4 is 27.3 Å². The van der Waals surface area contributed by atoms with Gasteiger partial charge in [0, 0.05) is 29.1 Å². The second kappa shape index (κ2) is 4.09. The average molecular weight is 280 g/mol. The average Bonchev–Trinajstić information content (AvgIpc) is 2.86.